The number of fused-ring (bicyclic) bond motifs is 1. The molecule has 2 atom stereocenters. The number of rotatable bonds is 4. The molecule has 0 bridgehead atoms. The number of amides is 1. The maximum Gasteiger partial charge on any atom is 0.308 e. The van der Waals surface area contributed by atoms with E-state index in [4.69, 9.17) is 5.11 Å². The summed E-state index contributed by atoms with van der Waals surface area (Å²) in [6, 6.07) is 7.73. The van der Waals surface area contributed by atoms with Crippen LogP contribution in [0.2, 0.25) is 0 Å². The molecule has 0 saturated heterocycles. The second-order valence-corrected chi connectivity index (χ2v) is 4.89. The van der Waals surface area contributed by atoms with Crippen LogP contribution in [0.5, 0.6) is 0 Å². The van der Waals surface area contributed by atoms with Crippen molar-refractivity contribution in [3.63, 3.8) is 0 Å². The molecule has 1 aliphatic rings. The Hall–Kier alpha value is -1.88. The molecule has 102 valence electrons. The first-order valence-corrected chi connectivity index (χ1v) is 6.38. The summed E-state index contributed by atoms with van der Waals surface area (Å²) in [7, 11) is 0. The predicted octanol–water partition coefficient (Wildman–Crippen LogP) is 0.538. The van der Waals surface area contributed by atoms with Crippen molar-refractivity contribution >= 4 is 11.9 Å². The summed E-state index contributed by atoms with van der Waals surface area (Å²) in [6.07, 6.45) is 0.642. The number of hydrogen-bond acceptors (Lipinski definition) is 3. The third kappa shape index (κ3) is 3.32. The maximum absolute atomic E-state index is 12.0. The lowest BCUT2D eigenvalue weighted by molar-refractivity contribution is -0.141. The average Bonchev–Trinajstić information content (AvgIpc) is 2.43. The Labute approximate surface area is 112 Å². The lowest BCUT2D eigenvalue weighted by Gasteiger charge is -2.25. The van der Waals surface area contributed by atoms with Crippen LogP contribution in [0.25, 0.3) is 0 Å². The Morgan fingerprint density at radius 1 is 1.42 bits per heavy atom. The largest absolute Gasteiger partial charge is 0.481 e. The zero-order valence-electron chi connectivity index (χ0n) is 10.8. The van der Waals surface area contributed by atoms with Crippen molar-refractivity contribution in [1.29, 1.82) is 0 Å². The molecular formula is C14H18N2O3. The second-order valence-electron chi connectivity index (χ2n) is 4.89. The van der Waals surface area contributed by atoms with Crippen LogP contribution in [-0.4, -0.2) is 29.6 Å². The van der Waals surface area contributed by atoms with Crippen LogP contribution in [0.15, 0.2) is 24.3 Å². The molecule has 0 aliphatic carbocycles. The molecule has 2 rings (SSSR count). The Bertz CT molecular complexity index is 487. The number of carbonyl (C=O) groups is 2. The van der Waals surface area contributed by atoms with Gasteiger partial charge in [-0.15, -0.1) is 0 Å². The Kier molecular flexibility index (Phi) is 4.16. The third-order valence-corrected chi connectivity index (χ3v) is 3.40. The van der Waals surface area contributed by atoms with Crippen LogP contribution >= 0.6 is 0 Å². The molecule has 3 N–H and O–H groups in total. The summed E-state index contributed by atoms with van der Waals surface area (Å²) in [5.74, 6) is -1.61. The molecule has 0 fully saturated rings. The van der Waals surface area contributed by atoms with Crippen molar-refractivity contribution in [2.45, 2.75) is 25.9 Å². The molecule has 5 nitrogen and oxygen atoms in total. The van der Waals surface area contributed by atoms with Gasteiger partial charge in [0.15, 0.2) is 0 Å². The van der Waals surface area contributed by atoms with E-state index in [1.807, 2.05) is 24.3 Å². The zero-order chi connectivity index (χ0) is 13.8. The smallest absolute Gasteiger partial charge is 0.308 e. The molecular weight excluding hydrogens is 244 g/mol. The number of nitrogens with one attached hydrogen (secondary N) is 2. The van der Waals surface area contributed by atoms with Crippen LogP contribution < -0.4 is 10.6 Å². The SMILES string of the molecule is CC(CNC(=O)[C@@H]1Cc2ccccc2CN1)C(=O)O. The van der Waals surface area contributed by atoms with E-state index < -0.39 is 11.9 Å². The molecule has 1 unspecified atom stereocenters. The highest BCUT2D eigenvalue weighted by Crippen LogP contribution is 2.16. The van der Waals surface area contributed by atoms with Gasteiger partial charge in [0, 0.05) is 13.1 Å². The molecule has 1 aromatic rings. The molecule has 1 heterocycles. The van der Waals surface area contributed by atoms with Gasteiger partial charge < -0.3 is 15.7 Å². The van der Waals surface area contributed by atoms with Gasteiger partial charge in [0.05, 0.1) is 12.0 Å². The van der Waals surface area contributed by atoms with Gasteiger partial charge in [-0.3, -0.25) is 9.59 Å². The molecule has 0 radical (unpaired) electrons. The minimum atomic E-state index is -0.901. The molecule has 0 aromatic heterocycles. The Balaban J connectivity index is 1.90. The van der Waals surface area contributed by atoms with E-state index in [0.717, 1.165) is 0 Å². The van der Waals surface area contributed by atoms with Crippen molar-refractivity contribution in [3.8, 4) is 0 Å². The van der Waals surface area contributed by atoms with E-state index in [1.165, 1.54) is 11.1 Å². The van der Waals surface area contributed by atoms with Gasteiger partial charge in [0.2, 0.25) is 5.91 Å². The summed E-state index contributed by atoms with van der Waals surface area (Å²) >= 11 is 0. The second kappa shape index (κ2) is 5.84. The van der Waals surface area contributed by atoms with E-state index in [9.17, 15) is 9.59 Å². The summed E-state index contributed by atoms with van der Waals surface area (Å²) in [4.78, 5) is 22.7. The lowest BCUT2D eigenvalue weighted by atomic mass is 9.95. The van der Waals surface area contributed by atoms with Crippen molar-refractivity contribution in [1.82, 2.24) is 10.6 Å². The predicted molar refractivity (Wildman–Crippen MR) is 70.6 cm³/mol. The third-order valence-electron chi connectivity index (χ3n) is 3.40. The molecule has 19 heavy (non-hydrogen) atoms. The maximum atomic E-state index is 12.0. The highest BCUT2D eigenvalue weighted by molar-refractivity contribution is 5.83. The number of carboxylic acid groups (broad SMARTS) is 1. The number of carbonyl (C=O) groups excluding carboxylic acids is 1. The van der Waals surface area contributed by atoms with Crippen molar-refractivity contribution in [2.75, 3.05) is 6.54 Å². The molecule has 0 spiro atoms. The van der Waals surface area contributed by atoms with E-state index >= 15 is 0 Å². The fourth-order valence-electron chi connectivity index (χ4n) is 2.10. The minimum absolute atomic E-state index is 0.136. The van der Waals surface area contributed by atoms with Gasteiger partial charge in [-0.1, -0.05) is 31.2 Å². The molecule has 0 saturated carbocycles. The molecule has 5 heteroatoms. The van der Waals surface area contributed by atoms with Crippen LogP contribution in [0.4, 0.5) is 0 Å². The first-order chi connectivity index (χ1) is 9.08. The first kappa shape index (κ1) is 13.5. The van der Waals surface area contributed by atoms with Crippen LogP contribution in [0.1, 0.15) is 18.1 Å². The van der Waals surface area contributed by atoms with Crippen LogP contribution in [0, 0.1) is 5.92 Å². The van der Waals surface area contributed by atoms with Crippen LogP contribution in [0.3, 0.4) is 0 Å². The zero-order valence-corrected chi connectivity index (χ0v) is 10.8. The number of hydrogen-bond donors (Lipinski definition) is 3. The van der Waals surface area contributed by atoms with Gasteiger partial charge in [-0.25, -0.2) is 0 Å². The van der Waals surface area contributed by atoms with Crippen molar-refractivity contribution in [2.24, 2.45) is 5.92 Å². The number of carboxylic acids is 1. The fraction of sp³-hybridized carbons (Fsp3) is 0.429. The Morgan fingerprint density at radius 3 is 2.79 bits per heavy atom. The van der Waals surface area contributed by atoms with Gasteiger partial charge in [0.25, 0.3) is 0 Å². The topological polar surface area (TPSA) is 78.4 Å². The fourth-order valence-corrected chi connectivity index (χ4v) is 2.10. The summed E-state index contributed by atoms with van der Waals surface area (Å²) < 4.78 is 0. The average molecular weight is 262 g/mol. The van der Waals surface area contributed by atoms with E-state index in [-0.39, 0.29) is 18.5 Å². The van der Waals surface area contributed by atoms with E-state index in [0.29, 0.717) is 13.0 Å². The molecule has 1 amide bonds. The monoisotopic (exact) mass is 262 g/mol. The summed E-state index contributed by atoms with van der Waals surface area (Å²) in [5.41, 5.74) is 2.39. The Morgan fingerprint density at radius 2 is 2.11 bits per heavy atom. The number of aliphatic carboxylic acids is 1. The van der Waals surface area contributed by atoms with Gasteiger partial charge in [-0.2, -0.15) is 0 Å². The first-order valence-electron chi connectivity index (χ1n) is 6.38. The normalized spacial score (nSPS) is 19.3. The summed E-state index contributed by atoms with van der Waals surface area (Å²) in [6.45, 7) is 2.41. The van der Waals surface area contributed by atoms with Gasteiger partial charge >= 0.3 is 5.97 Å². The van der Waals surface area contributed by atoms with Crippen molar-refractivity contribution in [3.05, 3.63) is 35.4 Å². The van der Waals surface area contributed by atoms with E-state index in [2.05, 4.69) is 10.6 Å². The lowest BCUT2D eigenvalue weighted by Crippen LogP contribution is -2.48. The molecule has 1 aliphatic heterocycles. The summed E-state index contributed by atoms with van der Waals surface area (Å²) in [5, 5.41) is 14.6. The van der Waals surface area contributed by atoms with Crippen molar-refractivity contribution < 1.29 is 14.7 Å². The van der Waals surface area contributed by atoms with Gasteiger partial charge in [0.1, 0.15) is 0 Å². The van der Waals surface area contributed by atoms with E-state index in [1.54, 1.807) is 6.92 Å². The molecule has 1 aromatic carbocycles. The highest BCUT2D eigenvalue weighted by Gasteiger charge is 2.24. The minimum Gasteiger partial charge on any atom is -0.481 e. The quantitative estimate of drug-likeness (QED) is 0.740. The number of benzene rings is 1. The highest BCUT2D eigenvalue weighted by atomic mass is 16.4. The van der Waals surface area contributed by atoms with Crippen LogP contribution in [-0.2, 0) is 22.6 Å². The standard InChI is InChI=1S/C14H18N2O3/c1-9(14(18)19)7-16-13(17)12-6-10-4-2-3-5-11(10)8-15-12/h2-5,9,12,15H,6-8H2,1H3,(H,16,17)(H,18,19)/t9?,12-/m0/s1. The van der Waals surface area contributed by atoms with Gasteiger partial charge in [-0.05, 0) is 17.5 Å².